The summed E-state index contributed by atoms with van der Waals surface area (Å²) in [6.07, 6.45) is 15.6. The van der Waals surface area contributed by atoms with Crippen LogP contribution in [0.5, 0.6) is 0 Å². The van der Waals surface area contributed by atoms with Crippen molar-refractivity contribution in [1.82, 2.24) is 0 Å². The van der Waals surface area contributed by atoms with Crippen LogP contribution in [0.3, 0.4) is 0 Å². The third-order valence-electron chi connectivity index (χ3n) is 25.3. The minimum absolute atomic E-state index is 0. The summed E-state index contributed by atoms with van der Waals surface area (Å²) in [6, 6.07) is 50.3. The summed E-state index contributed by atoms with van der Waals surface area (Å²) < 4.78 is 23.0. The molecule has 7 aromatic rings. The monoisotopic (exact) mass is 2340 g/mol. The third kappa shape index (κ3) is 47.9. The first-order chi connectivity index (χ1) is 66.6. The standard InChI is InChI=1S/C16H17Cl2NO4.C15H13Cl2NO3.C14H19Cl2NO.2C14H15Cl2NO.C13H11Cl2NO.C8H5Cl2N.C4H6O2.C4H8O.C4H9O.3CH4.CH3.B.K.Li/c1-22-14(20)5-7-16(10-19,8-6-15(21)23-2)11-3-4-12(17)13(18)9-11;1-21-14(20)10-7-15(8-18,5-4-13(10)19)9-2-3-11(16)12(17)6-9;3*1-13(18)4-6-14(9-17,7-5-13)10-2-3-11(15)12(16)8-10;14-11-2-1-9(7-12(11)15)13(8-16)5-3-10(17)4-6-13;9-7-2-1-6(3-4-11)5-8(7)10;1-3-4(5)6-2;1-2-4-5-3-1;1-4(2,3)5;;;;;;;/h3-4,9H,5-8H2,1-2H3;2-3,6,10H,4-5,7H2,1H3;2-3,8,18H,4-7,9,17H2,1H3;2*2-3,8,18H,4-7H2,1H3;1-2,7H,3-6H2;1-2,5H,3H2;3H,1H2,2H3;1-4H2;1-3H3;3*1H4;1H3;;;/q;;;;;;;;;-1;;;;-1;;2*+1. The number of ketones is 2. The molecule has 0 bridgehead atoms. The fourth-order valence-electron chi connectivity index (χ4n) is 16.1. The van der Waals surface area contributed by atoms with Crippen LogP contribution >= 0.6 is 162 Å². The molecule has 7 aromatic carbocycles. The Kier molecular flexibility index (Phi) is 71.4. The van der Waals surface area contributed by atoms with E-state index in [0.29, 0.717) is 178 Å². The number of Topliss-reactive ketones (excluding diaryl/α,β-unsaturated/α-hetero) is 2. The largest absolute Gasteiger partial charge is 1.00 e. The van der Waals surface area contributed by atoms with Gasteiger partial charge in [-0.25, -0.2) is 4.79 Å². The molecule has 5 saturated carbocycles. The number of ether oxygens (including phenoxy) is 5. The van der Waals surface area contributed by atoms with Crippen LogP contribution in [0.4, 0.5) is 0 Å². The zero-order valence-electron chi connectivity index (χ0n) is 84.4. The molecule has 6 fully saturated rings. The van der Waals surface area contributed by atoms with Crippen molar-refractivity contribution >= 4 is 206 Å². The number of hydrogen-bond acceptors (Lipinski definition) is 22. The maximum atomic E-state index is 11.9. The predicted octanol–water partition coefficient (Wildman–Crippen LogP) is 22.9. The molecule has 13 rings (SSSR count). The number of carbonyl (C=O) groups excluding carboxylic acids is 6. The molecule has 0 aromatic heterocycles. The fourth-order valence-corrected chi connectivity index (χ4v) is 18.2. The van der Waals surface area contributed by atoms with Gasteiger partial charge in [0, 0.05) is 71.8 Å². The van der Waals surface area contributed by atoms with Gasteiger partial charge in [0.25, 0.3) is 0 Å². The Bertz CT molecular complexity index is 5600. The van der Waals surface area contributed by atoms with Crippen LogP contribution < -0.4 is 81.1 Å². The van der Waals surface area contributed by atoms with E-state index in [1.807, 2.05) is 63.2 Å². The average molecular weight is 2350 g/mol. The number of hydrogen-bond donors (Lipinski definition) is 4. The second-order valence-electron chi connectivity index (χ2n) is 36.9. The molecule has 6 aliphatic rings. The maximum absolute atomic E-state index is 11.9. The number of methoxy groups -OCH3 is 4. The van der Waals surface area contributed by atoms with Crippen molar-refractivity contribution in [2.45, 2.75) is 286 Å². The van der Waals surface area contributed by atoms with Gasteiger partial charge >= 0.3 is 94.1 Å². The molecule has 5 aliphatic carbocycles. The first kappa shape index (κ1) is 150. The number of halogens is 14. The normalized spacial score (nSPS) is 21.2. The van der Waals surface area contributed by atoms with E-state index < -0.39 is 79.3 Å². The topological polar surface area (TPSA) is 401 Å². The van der Waals surface area contributed by atoms with E-state index in [-0.39, 0.29) is 164 Å². The Morgan fingerprint density at radius 2 is 0.758 bits per heavy atom. The third-order valence-corrected chi connectivity index (χ3v) is 30.5. The van der Waals surface area contributed by atoms with E-state index in [1.165, 1.54) is 41.3 Å². The predicted molar refractivity (Wildman–Crippen MR) is 594 cm³/mol. The van der Waals surface area contributed by atoms with Crippen molar-refractivity contribution in [2.24, 2.45) is 11.7 Å². The van der Waals surface area contributed by atoms with Crippen molar-refractivity contribution in [3.8, 4) is 36.4 Å². The van der Waals surface area contributed by atoms with Gasteiger partial charge in [-0.05, 0) is 273 Å². The van der Waals surface area contributed by atoms with Gasteiger partial charge in [-0.3, -0.25) is 24.0 Å². The van der Waals surface area contributed by atoms with E-state index in [9.17, 15) is 75.5 Å². The van der Waals surface area contributed by atoms with Gasteiger partial charge in [0.1, 0.15) is 17.5 Å². The van der Waals surface area contributed by atoms with E-state index in [1.54, 1.807) is 112 Å². The number of benzene rings is 7. The van der Waals surface area contributed by atoms with Crippen molar-refractivity contribution < 1.29 is 143 Å². The van der Waals surface area contributed by atoms with E-state index in [4.69, 9.17) is 178 Å². The Morgan fingerprint density at radius 3 is 1.03 bits per heavy atom. The van der Waals surface area contributed by atoms with Crippen molar-refractivity contribution in [1.29, 1.82) is 31.6 Å². The summed E-state index contributed by atoms with van der Waals surface area (Å²) in [5.74, 6) is -2.71. The fraction of sp³-hybridized carbons (Fsp3) is 0.482. The first-order valence-electron chi connectivity index (χ1n) is 45.3. The Morgan fingerprint density at radius 1 is 0.456 bits per heavy atom. The van der Waals surface area contributed by atoms with Crippen LogP contribution in [-0.2, 0) is 91.4 Å². The first-order valence-corrected chi connectivity index (χ1v) is 50.6. The van der Waals surface area contributed by atoms with Crippen molar-refractivity contribution in [3.05, 3.63) is 257 Å². The maximum Gasteiger partial charge on any atom is 1.00 e. The van der Waals surface area contributed by atoms with E-state index in [2.05, 4.69) is 55.9 Å². The van der Waals surface area contributed by atoms with E-state index >= 15 is 0 Å². The van der Waals surface area contributed by atoms with Crippen LogP contribution in [0.1, 0.15) is 263 Å². The van der Waals surface area contributed by atoms with Crippen molar-refractivity contribution in [3.63, 3.8) is 0 Å². The van der Waals surface area contributed by atoms with Crippen LogP contribution in [0.2, 0.25) is 70.3 Å². The molecule has 149 heavy (non-hydrogen) atoms. The molecule has 39 heteroatoms. The Balaban J connectivity index is -0.000000800. The van der Waals surface area contributed by atoms with Crippen LogP contribution in [0.15, 0.2) is 140 Å². The number of aliphatic hydroxyl groups is 3. The Hall–Kier alpha value is -5.44. The van der Waals surface area contributed by atoms with Crippen molar-refractivity contribution in [2.75, 3.05) is 48.2 Å². The molecule has 22 nitrogen and oxygen atoms in total. The molecule has 2 atom stereocenters. The molecular formula is C110H133BCl14KLiN7O15. The molecule has 1 saturated heterocycles. The molecule has 1 aliphatic heterocycles. The van der Waals surface area contributed by atoms with Crippen LogP contribution in [-0.4, -0.2) is 130 Å². The van der Waals surface area contributed by atoms with Crippen LogP contribution in [0.25, 0.3) is 0 Å². The number of esters is 4. The average Bonchev–Trinajstić information content (AvgIpc) is 1.11. The summed E-state index contributed by atoms with van der Waals surface area (Å²) in [5, 5.41) is 103. The van der Waals surface area contributed by atoms with Gasteiger partial charge < -0.3 is 57.3 Å². The van der Waals surface area contributed by atoms with Crippen LogP contribution in [0, 0.1) is 81.3 Å². The number of rotatable bonds is 16. The second kappa shape index (κ2) is 71.0. The SMILES string of the molecule is C.C.C.C1CCOC1.C=CC(=O)OC.CC(C)(C)[O-].CC1(O)CCC(C#N)(c2ccc(Cl)c(Cl)c2)CC1.CC1(O)CCC(C#N)(c2ccc(Cl)c(Cl)c2)CC1.CC1(O)CCC(CN)(c2ccc(Cl)c(Cl)c2)CC1.COC(=O)C1CC(C#N)(c2ccc(Cl)c(Cl)c2)CCC1=O.COC(=O)CCC(C#N)(CCC(=O)OC)c1ccc(Cl)c(Cl)c1.N#CC1(c2ccc(Cl)c(Cl)c2)CCC(=O)CC1.N#CCc1ccc(Cl)c(Cl)c1.[B].[CH3-].[K+].[Li+]. The van der Waals surface area contributed by atoms with E-state index in [0.717, 1.165) is 72.8 Å². The van der Waals surface area contributed by atoms with Gasteiger partial charge in [-0.15, -0.1) is 5.60 Å². The molecule has 0 amide bonds. The number of carbonyl (C=O) groups is 6. The molecular weight excluding hydrogens is 2210 g/mol. The van der Waals surface area contributed by atoms with Gasteiger partial charge in [0.05, 0.1) is 185 Å². The minimum Gasteiger partial charge on any atom is -0.850 e. The quantitative estimate of drug-likeness (QED) is 0.0174. The zero-order chi connectivity index (χ0) is 107. The summed E-state index contributed by atoms with van der Waals surface area (Å²) in [5.41, 5.74) is 5.58. The smallest absolute Gasteiger partial charge is 0.850 e. The molecule has 801 valence electrons. The summed E-state index contributed by atoms with van der Waals surface area (Å²) >= 11 is 82.9. The molecule has 2 unspecified atom stereocenters. The summed E-state index contributed by atoms with van der Waals surface area (Å²) in [7, 11) is 5.11. The zero-order valence-corrected chi connectivity index (χ0v) is 98.1. The molecule has 1 heterocycles. The molecule has 0 spiro atoms. The van der Waals surface area contributed by atoms with Gasteiger partial charge in [0.2, 0.25) is 0 Å². The minimum atomic E-state index is -1.06. The van der Waals surface area contributed by atoms with Gasteiger partial charge in [-0.2, -0.15) is 31.6 Å². The van der Waals surface area contributed by atoms with Gasteiger partial charge in [0.15, 0.2) is 0 Å². The second-order valence-corrected chi connectivity index (χ2v) is 42.6. The number of nitrogens with zero attached hydrogens (tertiary/aromatic N) is 6. The number of nitrogens with two attached hydrogens (primary N) is 1. The summed E-state index contributed by atoms with van der Waals surface area (Å²) in [6.45, 7) is 16.2. The summed E-state index contributed by atoms with van der Waals surface area (Å²) in [4.78, 5) is 67.6. The van der Waals surface area contributed by atoms with Gasteiger partial charge in [-0.1, -0.05) is 255 Å². The molecule has 3 radical (unpaired) electrons. The molecule has 5 N–H and O–H groups in total. The number of nitriles is 6. The Labute approximate surface area is 1010 Å².